The van der Waals surface area contributed by atoms with Crippen LogP contribution in [0.5, 0.6) is 0 Å². The molecule has 116 valence electrons. The molecule has 0 aliphatic heterocycles. The Balaban J connectivity index is 3.95. The lowest BCUT2D eigenvalue weighted by Gasteiger charge is -2.15. The van der Waals surface area contributed by atoms with Crippen molar-refractivity contribution in [3.8, 4) is 0 Å². The first-order valence-electron chi connectivity index (χ1n) is 7.56. The zero-order valence-corrected chi connectivity index (χ0v) is 13.2. The largest absolute Gasteiger partial charge is 0.393 e. The number of aliphatic hydroxyl groups is 1. The van der Waals surface area contributed by atoms with Crippen LogP contribution >= 0.6 is 0 Å². The van der Waals surface area contributed by atoms with Crippen LogP contribution in [0.3, 0.4) is 0 Å². The quantitative estimate of drug-likeness (QED) is 0.426. The Morgan fingerprint density at radius 2 is 1.47 bits per heavy atom. The van der Waals surface area contributed by atoms with Gasteiger partial charge in [-0.05, 0) is 25.7 Å². The van der Waals surface area contributed by atoms with Crippen molar-refractivity contribution in [3.05, 3.63) is 0 Å². The molecule has 5 heteroatoms. The van der Waals surface area contributed by atoms with E-state index in [1.807, 2.05) is 6.92 Å². The van der Waals surface area contributed by atoms with Crippen molar-refractivity contribution < 1.29 is 18.1 Å². The summed E-state index contributed by atoms with van der Waals surface area (Å²) in [6, 6.07) is 0. The molecule has 0 aromatic carbocycles. The van der Waals surface area contributed by atoms with Crippen LogP contribution in [-0.4, -0.2) is 29.4 Å². The van der Waals surface area contributed by atoms with E-state index >= 15 is 0 Å². The lowest BCUT2D eigenvalue weighted by atomic mass is 10.0. The van der Waals surface area contributed by atoms with Crippen LogP contribution in [0, 0.1) is 0 Å². The highest BCUT2D eigenvalue weighted by Crippen LogP contribution is 2.18. The number of unbranched alkanes of at least 4 members (excludes halogenated alkanes) is 5. The fraction of sp³-hybridized carbons (Fsp3) is 1.00. The minimum Gasteiger partial charge on any atom is -0.393 e. The molecule has 19 heavy (non-hydrogen) atoms. The van der Waals surface area contributed by atoms with E-state index in [0.717, 1.165) is 19.3 Å². The van der Waals surface area contributed by atoms with Gasteiger partial charge in [-0.1, -0.05) is 52.4 Å². The van der Waals surface area contributed by atoms with Gasteiger partial charge < -0.3 is 5.11 Å². The molecule has 0 radical (unpaired) electrons. The summed E-state index contributed by atoms with van der Waals surface area (Å²) >= 11 is 0. The van der Waals surface area contributed by atoms with E-state index in [0.29, 0.717) is 25.7 Å². The van der Waals surface area contributed by atoms with E-state index in [-0.39, 0.29) is 0 Å². The zero-order valence-electron chi connectivity index (χ0n) is 12.3. The molecule has 0 fully saturated rings. The highest BCUT2D eigenvalue weighted by atomic mass is 32.2. The smallest absolute Gasteiger partial charge is 0.267 e. The van der Waals surface area contributed by atoms with Gasteiger partial charge in [-0.2, -0.15) is 8.42 Å². The monoisotopic (exact) mass is 294 g/mol. The van der Waals surface area contributed by atoms with Gasteiger partial charge in [0.15, 0.2) is 0 Å². The Kier molecular flexibility index (Phi) is 10.6. The summed E-state index contributed by atoms with van der Waals surface area (Å²) in [5.41, 5.74) is 0. The zero-order chi connectivity index (χ0) is 14.7. The van der Waals surface area contributed by atoms with Gasteiger partial charge >= 0.3 is 0 Å². The maximum Gasteiger partial charge on any atom is 0.267 e. The molecular weight excluding hydrogens is 264 g/mol. The van der Waals surface area contributed by atoms with Crippen LogP contribution in [-0.2, 0) is 10.1 Å². The lowest BCUT2D eigenvalue weighted by molar-refractivity contribution is 0.156. The highest BCUT2D eigenvalue weighted by molar-refractivity contribution is 7.86. The molecule has 0 spiro atoms. The average molecular weight is 294 g/mol. The molecule has 0 bridgehead atoms. The standard InChI is InChI=1S/C14H30O4S/c1-3-5-6-7-8-9-10-14(19(16,17)18)12-11-13(15)4-2/h13-15H,3-12H2,1-2H3,(H,16,17,18). The summed E-state index contributed by atoms with van der Waals surface area (Å²) in [7, 11) is -3.98. The van der Waals surface area contributed by atoms with Crippen LogP contribution in [0.2, 0.25) is 0 Å². The molecule has 0 amide bonds. The minimum atomic E-state index is -3.98. The molecule has 0 rings (SSSR count). The predicted molar refractivity (Wildman–Crippen MR) is 78.9 cm³/mol. The molecule has 2 unspecified atom stereocenters. The fourth-order valence-electron chi connectivity index (χ4n) is 2.18. The molecule has 0 saturated heterocycles. The van der Waals surface area contributed by atoms with Crippen molar-refractivity contribution in [2.45, 2.75) is 89.4 Å². The van der Waals surface area contributed by atoms with Crippen molar-refractivity contribution in [1.29, 1.82) is 0 Å². The predicted octanol–water partition coefficient (Wildman–Crippen LogP) is 3.54. The summed E-state index contributed by atoms with van der Waals surface area (Å²) in [5, 5.41) is 8.76. The van der Waals surface area contributed by atoms with Gasteiger partial charge in [0.2, 0.25) is 0 Å². The topological polar surface area (TPSA) is 74.6 Å². The average Bonchev–Trinajstić information content (AvgIpc) is 2.35. The third kappa shape index (κ3) is 10.3. The second-order valence-corrected chi connectivity index (χ2v) is 7.03. The normalized spacial score (nSPS) is 15.4. The van der Waals surface area contributed by atoms with E-state index in [2.05, 4.69) is 6.92 Å². The molecule has 2 atom stereocenters. The molecule has 0 aliphatic rings. The second-order valence-electron chi connectivity index (χ2n) is 5.33. The number of hydrogen-bond donors (Lipinski definition) is 2. The van der Waals surface area contributed by atoms with Crippen molar-refractivity contribution in [3.63, 3.8) is 0 Å². The van der Waals surface area contributed by atoms with E-state index in [1.165, 1.54) is 19.3 Å². The molecule has 0 aromatic rings. The van der Waals surface area contributed by atoms with Crippen molar-refractivity contribution in [2.75, 3.05) is 0 Å². The lowest BCUT2D eigenvalue weighted by Crippen LogP contribution is -2.22. The number of aliphatic hydroxyl groups excluding tert-OH is 1. The number of rotatable bonds is 12. The van der Waals surface area contributed by atoms with E-state index in [4.69, 9.17) is 0 Å². The maximum absolute atomic E-state index is 11.3. The Morgan fingerprint density at radius 1 is 0.895 bits per heavy atom. The molecule has 0 aromatic heterocycles. The molecule has 0 saturated carbocycles. The van der Waals surface area contributed by atoms with E-state index in [1.54, 1.807) is 0 Å². The van der Waals surface area contributed by atoms with E-state index < -0.39 is 21.5 Å². The fourth-order valence-corrected chi connectivity index (χ4v) is 3.08. The molecule has 0 aliphatic carbocycles. The Hall–Kier alpha value is -0.130. The van der Waals surface area contributed by atoms with Crippen LogP contribution in [0.15, 0.2) is 0 Å². The Bertz CT molecular complexity index is 301. The third-order valence-electron chi connectivity index (χ3n) is 3.59. The van der Waals surface area contributed by atoms with Crippen LogP contribution < -0.4 is 0 Å². The summed E-state index contributed by atoms with van der Waals surface area (Å²) in [4.78, 5) is 0. The minimum absolute atomic E-state index is 0.350. The van der Waals surface area contributed by atoms with Gasteiger partial charge in [-0.25, -0.2) is 0 Å². The molecule has 4 nitrogen and oxygen atoms in total. The Morgan fingerprint density at radius 3 is 2.00 bits per heavy atom. The summed E-state index contributed by atoms with van der Waals surface area (Å²) in [6.07, 6.45) is 8.04. The third-order valence-corrected chi connectivity index (χ3v) is 4.91. The SMILES string of the molecule is CCCCCCCCC(CCC(O)CC)S(=O)(=O)O. The molecule has 0 heterocycles. The van der Waals surface area contributed by atoms with Gasteiger partial charge in [0.1, 0.15) is 0 Å². The first kappa shape index (κ1) is 18.9. The summed E-state index contributed by atoms with van der Waals surface area (Å²) < 4.78 is 31.7. The van der Waals surface area contributed by atoms with Crippen LogP contribution in [0.1, 0.15) is 78.1 Å². The van der Waals surface area contributed by atoms with Gasteiger partial charge in [-0.3, -0.25) is 4.55 Å². The van der Waals surface area contributed by atoms with Gasteiger partial charge in [-0.15, -0.1) is 0 Å². The van der Waals surface area contributed by atoms with Gasteiger partial charge in [0.05, 0.1) is 11.4 Å². The number of hydrogen-bond acceptors (Lipinski definition) is 3. The van der Waals surface area contributed by atoms with Crippen LogP contribution in [0.4, 0.5) is 0 Å². The first-order chi connectivity index (χ1) is 8.91. The second kappa shape index (κ2) is 10.6. The van der Waals surface area contributed by atoms with Gasteiger partial charge in [0.25, 0.3) is 10.1 Å². The summed E-state index contributed by atoms with van der Waals surface area (Å²) in [5.74, 6) is 0. The first-order valence-corrected chi connectivity index (χ1v) is 9.06. The van der Waals surface area contributed by atoms with Crippen molar-refractivity contribution >= 4 is 10.1 Å². The molecule has 2 N–H and O–H groups in total. The summed E-state index contributed by atoms with van der Waals surface area (Å²) in [6.45, 7) is 4.02. The Labute approximate surface area is 118 Å². The van der Waals surface area contributed by atoms with Crippen LogP contribution in [0.25, 0.3) is 0 Å². The van der Waals surface area contributed by atoms with Crippen molar-refractivity contribution in [2.24, 2.45) is 0 Å². The van der Waals surface area contributed by atoms with E-state index in [9.17, 15) is 18.1 Å². The van der Waals surface area contributed by atoms with Gasteiger partial charge in [0, 0.05) is 0 Å². The molecular formula is C14H30O4S. The maximum atomic E-state index is 11.3. The van der Waals surface area contributed by atoms with Crippen molar-refractivity contribution in [1.82, 2.24) is 0 Å². The highest BCUT2D eigenvalue weighted by Gasteiger charge is 2.22.